The second-order valence-electron chi connectivity index (χ2n) is 5.88. The third kappa shape index (κ3) is 5.51. The van der Waals surface area contributed by atoms with Crippen LogP contribution in [0.15, 0.2) is 50.9 Å². The highest BCUT2D eigenvalue weighted by Gasteiger charge is 2.13. The minimum Gasteiger partial charge on any atom is -0.375 e. The van der Waals surface area contributed by atoms with E-state index in [9.17, 15) is 9.59 Å². The summed E-state index contributed by atoms with van der Waals surface area (Å²) in [6, 6.07) is 6.44. The van der Waals surface area contributed by atoms with E-state index in [-0.39, 0.29) is 24.0 Å². The fourth-order valence-electron chi connectivity index (χ4n) is 2.48. The molecule has 0 aliphatic rings. The molecule has 1 aromatic carbocycles. The van der Waals surface area contributed by atoms with Crippen molar-refractivity contribution >= 4 is 41.1 Å². The summed E-state index contributed by atoms with van der Waals surface area (Å²) in [7, 11) is 1.43. The maximum atomic E-state index is 12.4. The number of fused-ring (bicyclic) bond motifs is 1. The Morgan fingerprint density at radius 3 is 2.79 bits per heavy atom. The average Bonchev–Trinajstić information content (AvgIpc) is 2.66. The number of carbonyl (C=O) groups is 1. The highest BCUT2D eigenvalue weighted by molar-refractivity contribution is 6.31. The van der Waals surface area contributed by atoms with Gasteiger partial charge in [-0.05, 0) is 50.9 Å². The molecule has 0 fully saturated rings. The number of halogens is 1. The van der Waals surface area contributed by atoms with E-state index < -0.39 is 6.04 Å². The Morgan fingerprint density at radius 2 is 2.14 bits per heavy atom. The monoisotopic (exact) mass is 403 g/mol. The van der Waals surface area contributed by atoms with Gasteiger partial charge in [-0.25, -0.2) is 9.98 Å². The van der Waals surface area contributed by atoms with E-state index in [1.165, 1.54) is 7.11 Å². The number of carbonyl (C=O) groups excluding carboxylic acids is 1. The molecule has 2 aromatic rings. The molecule has 0 saturated heterocycles. The molecule has 0 saturated carbocycles. The lowest BCUT2D eigenvalue weighted by molar-refractivity contribution is -0.124. The van der Waals surface area contributed by atoms with E-state index in [0.717, 1.165) is 5.39 Å². The molecule has 1 amide bonds. The van der Waals surface area contributed by atoms with Crippen LogP contribution in [-0.2, 0) is 9.53 Å². The third-order valence-electron chi connectivity index (χ3n) is 3.84. The van der Waals surface area contributed by atoms with Crippen LogP contribution >= 0.6 is 11.6 Å². The molecule has 1 atom stereocenters. The van der Waals surface area contributed by atoms with Crippen molar-refractivity contribution in [3.8, 4) is 0 Å². The molecule has 0 bridgehead atoms. The summed E-state index contributed by atoms with van der Waals surface area (Å²) in [6.45, 7) is 6.89. The first kappa shape index (κ1) is 21.3. The Hall–Kier alpha value is -2.97. The summed E-state index contributed by atoms with van der Waals surface area (Å²) < 4.78 is 4.78. The molecular formula is C19H22ClN5O3. The molecule has 3 N–H and O–H groups in total. The van der Waals surface area contributed by atoms with Crippen LogP contribution in [0, 0.1) is 0 Å². The van der Waals surface area contributed by atoms with E-state index in [1.807, 2.05) is 0 Å². The van der Waals surface area contributed by atoms with Crippen molar-refractivity contribution in [3.05, 3.63) is 57.1 Å². The van der Waals surface area contributed by atoms with E-state index in [0.29, 0.717) is 21.9 Å². The normalized spacial score (nSPS) is 13.3. The standard InChI is InChI=1S/C19H22ClN5O3/c1-5-16(24-17(26)10-28-4)25-19(21-3)22-11(2)14-9-12-8-13(20)6-7-15(12)23-18(14)27/h5-9,11H,3,10H2,1-2,4H3,(H,22,25)(H,23,27)(H,24,26)/b16-5-/t11-/m0/s1. The van der Waals surface area contributed by atoms with Crippen molar-refractivity contribution < 1.29 is 9.53 Å². The molecule has 0 unspecified atom stereocenters. The number of H-pyrrole nitrogens is 1. The highest BCUT2D eigenvalue weighted by atomic mass is 35.5. The van der Waals surface area contributed by atoms with Crippen LogP contribution < -0.4 is 16.2 Å². The number of amides is 1. The van der Waals surface area contributed by atoms with Gasteiger partial charge in [0.05, 0.1) is 6.04 Å². The number of aromatic amines is 1. The van der Waals surface area contributed by atoms with E-state index in [1.54, 1.807) is 44.2 Å². The molecule has 0 aliphatic carbocycles. The number of aromatic nitrogens is 1. The van der Waals surface area contributed by atoms with Gasteiger partial charge in [0.2, 0.25) is 5.96 Å². The number of hydrogen-bond donors (Lipinski definition) is 3. The summed E-state index contributed by atoms with van der Waals surface area (Å²) in [5, 5.41) is 6.86. The van der Waals surface area contributed by atoms with Crippen LogP contribution in [0.4, 0.5) is 0 Å². The molecule has 148 valence electrons. The predicted molar refractivity (Wildman–Crippen MR) is 112 cm³/mol. The molecule has 8 nitrogen and oxygen atoms in total. The number of allylic oxidation sites excluding steroid dienone is 1. The highest BCUT2D eigenvalue weighted by Crippen LogP contribution is 2.21. The number of nitrogens with one attached hydrogen (secondary N) is 3. The second-order valence-corrected chi connectivity index (χ2v) is 6.32. The summed E-state index contributed by atoms with van der Waals surface area (Å²) in [4.78, 5) is 35.1. The van der Waals surface area contributed by atoms with Gasteiger partial charge in [0.1, 0.15) is 12.4 Å². The number of rotatable bonds is 6. The first-order chi connectivity index (χ1) is 13.4. The fourth-order valence-corrected chi connectivity index (χ4v) is 2.66. The lowest BCUT2D eigenvalue weighted by Gasteiger charge is -2.13. The van der Waals surface area contributed by atoms with Crippen LogP contribution in [0.3, 0.4) is 0 Å². The second kappa shape index (κ2) is 9.82. The zero-order chi connectivity index (χ0) is 20.7. The van der Waals surface area contributed by atoms with Crippen molar-refractivity contribution in [3.63, 3.8) is 0 Å². The van der Waals surface area contributed by atoms with Gasteiger partial charge in [-0.15, -0.1) is 0 Å². The molecule has 9 heteroatoms. The maximum Gasteiger partial charge on any atom is 0.253 e. The molecule has 0 aliphatic heterocycles. The zero-order valence-corrected chi connectivity index (χ0v) is 16.6. The third-order valence-corrected chi connectivity index (χ3v) is 4.07. The lowest BCUT2D eigenvalue weighted by atomic mass is 10.1. The zero-order valence-electron chi connectivity index (χ0n) is 15.9. The smallest absolute Gasteiger partial charge is 0.253 e. The fraction of sp³-hybridized carbons (Fsp3) is 0.263. The number of pyridine rings is 1. The van der Waals surface area contributed by atoms with Crippen molar-refractivity contribution in [2.45, 2.75) is 19.9 Å². The van der Waals surface area contributed by atoms with Gasteiger partial charge >= 0.3 is 0 Å². The average molecular weight is 404 g/mol. The largest absolute Gasteiger partial charge is 0.375 e. The number of benzene rings is 1. The molecule has 1 aromatic heterocycles. The Balaban J connectivity index is 2.27. The number of hydrogen-bond acceptors (Lipinski definition) is 4. The topological polar surface area (TPSA) is 108 Å². The van der Waals surface area contributed by atoms with Gasteiger partial charge in [-0.2, -0.15) is 0 Å². The number of methoxy groups -OCH3 is 1. The predicted octanol–water partition coefficient (Wildman–Crippen LogP) is 2.51. The Bertz CT molecular complexity index is 997. The van der Waals surface area contributed by atoms with Crippen molar-refractivity contribution in [1.82, 2.24) is 15.6 Å². The molecule has 1 heterocycles. The Morgan fingerprint density at radius 1 is 1.39 bits per heavy atom. The number of guanidine groups is 1. The first-order valence-electron chi connectivity index (χ1n) is 8.47. The van der Waals surface area contributed by atoms with Crippen LogP contribution in [0.5, 0.6) is 0 Å². The van der Waals surface area contributed by atoms with Gasteiger partial charge in [-0.1, -0.05) is 11.6 Å². The summed E-state index contributed by atoms with van der Waals surface area (Å²) in [5.74, 6) is 0.200. The van der Waals surface area contributed by atoms with Crippen molar-refractivity contribution in [2.75, 3.05) is 13.7 Å². The van der Waals surface area contributed by atoms with E-state index in [4.69, 9.17) is 16.3 Å². The van der Waals surface area contributed by atoms with Gasteiger partial charge in [0.15, 0.2) is 0 Å². The summed E-state index contributed by atoms with van der Waals surface area (Å²) in [6.07, 6.45) is 1.64. The molecular weight excluding hydrogens is 382 g/mol. The van der Waals surface area contributed by atoms with Crippen LogP contribution in [0.25, 0.3) is 10.9 Å². The number of ether oxygens (including phenoxy) is 1. The lowest BCUT2D eigenvalue weighted by Crippen LogP contribution is -2.36. The molecule has 2 rings (SSSR count). The number of nitrogens with zero attached hydrogens (tertiary/aromatic N) is 2. The van der Waals surface area contributed by atoms with Crippen LogP contribution in [-0.4, -0.2) is 37.3 Å². The van der Waals surface area contributed by atoms with Crippen molar-refractivity contribution in [2.24, 2.45) is 9.98 Å². The molecule has 0 spiro atoms. The number of aliphatic imine (C=N–C) groups is 2. The summed E-state index contributed by atoms with van der Waals surface area (Å²) in [5.41, 5.74) is 0.879. The van der Waals surface area contributed by atoms with Gasteiger partial charge in [-0.3, -0.25) is 9.59 Å². The Labute approximate surface area is 167 Å². The van der Waals surface area contributed by atoms with Crippen LogP contribution in [0.1, 0.15) is 25.5 Å². The van der Waals surface area contributed by atoms with E-state index in [2.05, 4.69) is 32.3 Å². The first-order valence-corrected chi connectivity index (χ1v) is 8.84. The maximum absolute atomic E-state index is 12.4. The quantitative estimate of drug-likeness (QED) is 0.508. The molecule has 0 radical (unpaired) electrons. The summed E-state index contributed by atoms with van der Waals surface area (Å²) >= 11 is 6.03. The van der Waals surface area contributed by atoms with Crippen LogP contribution in [0.2, 0.25) is 5.02 Å². The Kier molecular flexibility index (Phi) is 7.48. The van der Waals surface area contributed by atoms with Gasteiger partial charge in [0, 0.05) is 28.6 Å². The minimum absolute atomic E-state index is 0.0849. The van der Waals surface area contributed by atoms with E-state index >= 15 is 0 Å². The van der Waals surface area contributed by atoms with Crippen molar-refractivity contribution in [1.29, 1.82) is 0 Å². The van der Waals surface area contributed by atoms with Gasteiger partial charge in [0.25, 0.3) is 11.5 Å². The van der Waals surface area contributed by atoms with Gasteiger partial charge < -0.3 is 20.4 Å². The SMILES string of the molecule is C=NC(=N[C@@H](C)c1cc2cc(Cl)ccc2[nH]c1=O)N/C(=C\C)NC(=O)COC. The minimum atomic E-state index is -0.520. The molecule has 28 heavy (non-hydrogen) atoms.